The van der Waals surface area contributed by atoms with E-state index in [2.05, 4.69) is 4.98 Å². The third-order valence-electron chi connectivity index (χ3n) is 4.17. The predicted molar refractivity (Wildman–Crippen MR) is 117 cm³/mol. The summed E-state index contributed by atoms with van der Waals surface area (Å²) in [6.45, 7) is 0. The zero-order valence-electron chi connectivity index (χ0n) is 14.8. The van der Waals surface area contributed by atoms with Crippen molar-refractivity contribution < 1.29 is 9.52 Å². The van der Waals surface area contributed by atoms with Crippen LogP contribution in [0.5, 0.6) is 0 Å². The van der Waals surface area contributed by atoms with Gasteiger partial charge >= 0.3 is 0 Å². The Morgan fingerprint density at radius 2 is 1.86 bits per heavy atom. The highest BCUT2D eigenvalue weighted by molar-refractivity contribution is 7.11. The summed E-state index contributed by atoms with van der Waals surface area (Å²) in [5.74, 6) is 0.287. The maximum atomic E-state index is 10.7. The number of furan rings is 1. The van der Waals surface area contributed by atoms with Crippen LogP contribution < -0.4 is 0 Å². The summed E-state index contributed by atoms with van der Waals surface area (Å²) >= 11 is 13.5. The molecule has 2 aromatic carbocycles. The standard InChI is InChI=1S/C22H12Cl2N2O2S/c23-14-6-7-17(24)15(10-14)19-8-9-20(28-19)21(27)16(11-25)22-26-18(12-29-22)13-4-2-1-3-5-13/h1-10,12,27H/b21-16-. The Bertz CT molecular complexity index is 1250. The first-order valence-corrected chi connectivity index (χ1v) is 10.1. The second-order valence-electron chi connectivity index (χ2n) is 6.03. The first-order chi connectivity index (χ1) is 14.1. The smallest absolute Gasteiger partial charge is 0.179 e. The molecule has 0 aliphatic rings. The topological polar surface area (TPSA) is 70.0 Å². The summed E-state index contributed by atoms with van der Waals surface area (Å²) in [7, 11) is 0. The highest BCUT2D eigenvalue weighted by Crippen LogP contribution is 2.35. The van der Waals surface area contributed by atoms with Crippen molar-refractivity contribution in [1.29, 1.82) is 5.26 Å². The van der Waals surface area contributed by atoms with Gasteiger partial charge in [0, 0.05) is 21.5 Å². The molecular formula is C22H12Cl2N2O2S. The number of rotatable bonds is 4. The van der Waals surface area contributed by atoms with Crippen LogP contribution in [-0.4, -0.2) is 10.1 Å². The van der Waals surface area contributed by atoms with E-state index in [1.165, 1.54) is 11.3 Å². The van der Waals surface area contributed by atoms with Crippen molar-refractivity contribution >= 4 is 45.9 Å². The first kappa shape index (κ1) is 19.3. The normalized spacial score (nSPS) is 11.8. The molecule has 4 rings (SSSR count). The van der Waals surface area contributed by atoms with Crippen LogP contribution in [-0.2, 0) is 0 Å². The van der Waals surface area contributed by atoms with E-state index in [0.717, 1.165) is 11.3 Å². The van der Waals surface area contributed by atoms with Crippen molar-refractivity contribution in [3.05, 3.63) is 86.9 Å². The highest BCUT2D eigenvalue weighted by atomic mass is 35.5. The van der Waals surface area contributed by atoms with Crippen molar-refractivity contribution in [2.75, 3.05) is 0 Å². The van der Waals surface area contributed by atoms with Gasteiger partial charge in [-0.3, -0.25) is 0 Å². The lowest BCUT2D eigenvalue weighted by atomic mass is 10.1. The molecule has 7 heteroatoms. The van der Waals surface area contributed by atoms with Crippen LogP contribution in [0.3, 0.4) is 0 Å². The number of hydrogen-bond donors (Lipinski definition) is 1. The number of aliphatic hydroxyl groups excluding tert-OH is 1. The highest BCUT2D eigenvalue weighted by Gasteiger charge is 2.19. The Balaban J connectivity index is 1.71. The molecule has 0 spiro atoms. The Labute approximate surface area is 180 Å². The monoisotopic (exact) mass is 438 g/mol. The van der Waals surface area contributed by atoms with Gasteiger partial charge in [0.1, 0.15) is 22.4 Å². The Kier molecular flexibility index (Phi) is 5.41. The van der Waals surface area contributed by atoms with E-state index < -0.39 is 0 Å². The molecule has 0 radical (unpaired) electrons. The van der Waals surface area contributed by atoms with E-state index in [1.54, 1.807) is 30.3 Å². The third-order valence-corrected chi connectivity index (χ3v) is 5.59. The molecule has 142 valence electrons. The van der Waals surface area contributed by atoms with Gasteiger partial charge in [0.15, 0.2) is 11.5 Å². The fraction of sp³-hybridized carbons (Fsp3) is 0. The van der Waals surface area contributed by atoms with Crippen molar-refractivity contribution in [1.82, 2.24) is 4.98 Å². The number of aliphatic hydroxyl groups is 1. The summed E-state index contributed by atoms with van der Waals surface area (Å²) < 4.78 is 5.74. The van der Waals surface area contributed by atoms with E-state index in [-0.39, 0.29) is 17.1 Å². The molecule has 0 unspecified atom stereocenters. The van der Waals surface area contributed by atoms with Crippen molar-refractivity contribution in [3.8, 4) is 28.7 Å². The Morgan fingerprint density at radius 1 is 1.07 bits per heavy atom. The largest absolute Gasteiger partial charge is 0.503 e. The van der Waals surface area contributed by atoms with Crippen LogP contribution in [0.2, 0.25) is 10.0 Å². The van der Waals surface area contributed by atoms with E-state index in [0.29, 0.717) is 26.4 Å². The summed E-state index contributed by atoms with van der Waals surface area (Å²) in [5, 5.41) is 23.5. The van der Waals surface area contributed by atoms with Crippen molar-refractivity contribution in [2.24, 2.45) is 0 Å². The summed E-state index contributed by atoms with van der Waals surface area (Å²) in [6, 6.07) is 19.9. The van der Waals surface area contributed by atoms with Crippen LogP contribution >= 0.6 is 34.5 Å². The number of hydrogen-bond acceptors (Lipinski definition) is 5. The first-order valence-electron chi connectivity index (χ1n) is 8.47. The van der Waals surface area contributed by atoms with E-state index in [9.17, 15) is 10.4 Å². The van der Waals surface area contributed by atoms with E-state index in [4.69, 9.17) is 27.6 Å². The molecule has 2 aromatic heterocycles. The van der Waals surface area contributed by atoms with Crippen molar-refractivity contribution in [2.45, 2.75) is 0 Å². The zero-order valence-corrected chi connectivity index (χ0v) is 17.1. The lowest BCUT2D eigenvalue weighted by Gasteiger charge is -2.02. The van der Waals surface area contributed by atoms with Gasteiger partial charge < -0.3 is 9.52 Å². The van der Waals surface area contributed by atoms with Gasteiger partial charge in [0.2, 0.25) is 0 Å². The molecule has 0 saturated carbocycles. The lowest BCUT2D eigenvalue weighted by molar-refractivity contribution is 0.466. The van der Waals surface area contributed by atoms with Crippen LogP contribution in [0.25, 0.3) is 33.9 Å². The number of benzene rings is 2. The van der Waals surface area contributed by atoms with Gasteiger partial charge in [-0.25, -0.2) is 4.98 Å². The number of allylic oxidation sites excluding steroid dienone is 1. The van der Waals surface area contributed by atoms with Gasteiger partial charge in [-0.15, -0.1) is 11.3 Å². The summed E-state index contributed by atoms with van der Waals surface area (Å²) in [4.78, 5) is 4.49. The second kappa shape index (κ2) is 8.14. The quantitative estimate of drug-likeness (QED) is 0.267. The minimum Gasteiger partial charge on any atom is -0.503 e. The minimum absolute atomic E-state index is 0.0373. The van der Waals surface area contributed by atoms with Gasteiger partial charge in [-0.05, 0) is 30.3 Å². The third kappa shape index (κ3) is 3.92. The molecule has 0 amide bonds. The fourth-order valence-corrected chi connectivity index (χ4v) is 3.96. The lowest BCUT2D eigenvalue weighted by Crippen LogP contribution is -1.89. The van der Waals surface area contributed by atoms with E-state index >= 15 is 0 Å². The summed E-state index contributed by atoms with van der Waals surface area (Å²) in [5.41, 5.74) is 2.30. The second-order valence-corrected chi connectivity index (χ2v) is 7.73. The van der Waals surface area contributed by atoms with Crippen LogP contribution in [0.15, 0.2) is 70.5 Å². The van der Waals surface area contributed by atoms with Crippen molar-refractivity contribution in [3.63, 3.8) is 0 Å². The molecule has 4 aromatic rings. The molecule has 1 N–H and O–H groups in total. The zero-order chi connectivity index (χ0) is 20.4. The predicted octanol–water partition coefficient (Wildman–Crippen LogP) is 7.33. The van der Waals surface area contributed by atoms with Gasteiger partial charge in [-0.1, -0.05) is 53.5 Å². The van der Waals surface area contributed by atoms with Gasteiger partial charge in [-0.2, -0.15) is 5.26 Å². The maximum absolute atomic E-state index is 10.7. The number of halogens is 2. The van der Waals surface area contributed by atoms with Gasteiger partial charge in [0.05, 0.1) is 10.7 Å². The van der Waals surface area contributed by atoms with Gasteiger partial charge in [0.25, 0.3) is 0 Å². The molecule has 0 bridgehead atoms. The molecule has 2 heterocycles. The van der Waals surface area contributed by atoms with Crippen LogP contribution in [0.1, 0.15) is 10.8 Å². The Hall–Kier alpha value is -3.04. The SMILES string of the molecule is N#C/C(=C(/O)c1ccc(-c2cc(Cl)ccc2Cl)o1)c1nc(-c2ccccc2)cs1. The maximum Gasteiger partial charge on any atom is 0.179 e. The minimum atomic E-state index is -0.286. The molecule has 0 atom stereocenters. The molecule has 4 nitrogen and oxygen atoms in total. The molecule has 0 aliphatic heterocycles. The fourth-order valence-electron chi connectivity index (χ4n) is 2.75. The summed E-state index contributed by atoms with van der Waals surface area (Å²) in [6.07, 6.45) is 0. The average molecular weight is 439 g/mol. The number of thiazole rings is 1. The number of aromatic nitrogens is 1. The molecule has 29 heavy (non-hydrogen) atoms. The molecule has 0 saturated heterocycles. The molecule has 0 fully saturated rings. The van der Waals surface area contributed by atoms with Crippen LogP contribution in [0.4, 0.5) is 0 Å². The number of nitriles is 1. The molecular weight excluding hydrogens is 427 g/mol. The molecule has 0 aliphatic carbocycles. The average Bonchev–Trinajstić information content (AvgIpc) is 3.41. The number of nitrogens with zero attached hydrogens (tertiary/aromatic N) is 2. The van der Waals surface area contributed by atoms with Crippen LogP contribution in [0, 0.1) is 11.3 Å². The Morgan fingerprint density at radius 3 is 2.62 bits per heavy atom. The van der Waals surface area contributed by atoms with E-state index in [1.807, 2.05) is 41.8 Å².